The first-order valence-corrected chi connectivity index (χ1v) is 10.2. The Morgan fingerprint density at radius 2 is 1.94 bits per heavy atom. The van der Waals surface area contributed by atoms with Crippen molar-refractivity contribution in [2.75, 3.05) is 19.5 Å². The third-order valence-electron chi connectivity index (χ3n) is 4.37. The van der Waals surface area contributed by atoms with Crippen LogP contribution in [-0.4, -0.2) is 41.3 Å². The molecule has 0 saturated carbocycles. The number of anilines is 1. The van der Waals surface area contributed by atoms with Gasteiger partial charge in [-0.25, -0.2) is 4.99 Å². The number of carbonyl (C=O) groups excluding carboxylic acids is 2. The summed E-state index contributed by atoms with van der Waals surface area (Å²) < 4.78 is 44.2. The molecule has 2 aromatic rings. The molecule has 0 bridgehead atoms. The van der Waals surface area contributed by atoms with Gasteiger partial charge in [0.25, 0.3) is 0 Å². The molecule has 0 radical (unpaired) electrons. The largest absolute Gasteiger partial charge is 0.497 e. The van der Waals surface area contributed by atoms with Gasteiger partial charge in [-0.05, 0) is 42.5 Å². The minimum Gasteiger partial charge on any atom is -0.497 e. The lowest BCUT2D eigenvalue weighted by molar-refractivity contribution is -0.137. The Hall–Kier alpha value is -2.72. The molecule has 1 atom stereocenters. The van der Waals surface area contributed by atoms with E-state index in [2.05, 4.69) is 10.3 Å². The number of thioether (sulfide) groups is 1. The van der Waals surface area contributed by atoms with Crippen molar-refractivity contribution in [2.45, 2.75) is 17.8 Å². The average Bonchev–Trinajstić information content (AvgIpc) is 2.97. The minimum absolute atomic E-state index is 0.00205. The topological polar surface area (TPSA) is 71.0 Å². The number of rotatable bonds is 5. The fraction of sp³-hybridized carbons (Fsp3) is 0.250. The van der Waals surface area contributed by atoms with Crippen LogP contribution in [0.4, 0.5) is 24.5 Å². The molecule has 1 unspecified atom stereocenters. The van der Waals surface area contributed by atoms with Gasteiger partial charge in [-0.1, -0.05) is 23.4 Å². The Bertz CT molecular complexity index is 1030. The highest BCUT2D eigenvalue weighted by atomic mass is 35.5. The molecule has 2 amide bonds. The first-order chi connectivity index (χ1) is 14.6. The summed E-state index contributed by atoms with van der Waals surface area (Å²) in [5, 5.41) is 1.71. The molecule has 6 nitrogen and oxygen atoms in total. The Labute approximate surface area is 185 Å². The van der Waals surface area contributed by atoms with Crippen molar-refractivity contribution in [3.63, 3.8) is 0 Å². The van der Waals surface area contributed by atoms with Crippen molar-refractivity contribution >= 4 is 51.7 Å². The number of hydrogen-bond acceptors (Lipinski definition) is 5. The number of alkyl halides is 3. The van der Waals surface area contributed by atoms with Gasteiger partial charge in [0.2, 0.25) is 11.8 Å². The van der Waals surface area contributed by atoms with Gasteiger partial charge in [0.1, 0.15) is 11.0 Å². The molecule has 1 saturated heterocycles. The van der Waals surface area contributed by atoms with Crippen LogP contribution in [0.25, 0.3) is 0 Å². The average molecular weight is 472 g/mol. The molecule has 164 valence electrons. The zero-order chi connectivity index (χ0) is 22.8. The molecule has 1 heterocycles. The second-order valence-electron chi connectivity index (χ2n) is 6.54. The van der Waals surface area contributed by atoms with Gasteiger partial charge in [-0.2, -0.15) is 13.2 Å². The quantitative estimate of drug-likeness (QED) is 0.669. The maximum Gasteiger partial charge on any atom is 0.417 e. The van der Waals surface area contributed by atoms with E-state index in [1.807, 2.05) is 0 Å². The van der Waals surface area contributed by atoms with E-state index in [0.717, 1.165) is 23.9 Å². The van der Waals surface area contributed by atoms with E-state index in [1.165, 1.54) is 25.1 Å². The standard InChI is InChI=1S/C20H17ClF3N3O3S/c1-27-18(29)16(10-17(28)25-11-3-6-13(30-2)7-4-11)31-19(27)26-12-5-8-15(21)14(9-12)20(22,23)24/h3-9,16H,10H2,1-2H3,(H,25,28). The van der Waals surface area contributed by atoms with E-state index < -0.39 is 22.0 Å². The maximum absolute atomic E-state index is 13.1. The van der Waals surface area contributed by atoms with E-state index in [0.29, 0.717) is 11.4 Å². The van der Waals surface area contributed by atoms with Gasteiger partial charge >= 0.3 is 6.18 Å². The monoisotopic (exact) mass is 471 g/mol. The normalized spacial score (nSPS) is 17.9. The minimum atomic E-state index is -4.63. The molecule has 3 rings (SSSR count). The Kier molecular flexibility index (Phi) is 6.80. The summed E-state index contributed by atoms with van der Waals surface area (Å²) in [6.07, 6.45) is -4.74. The number of halogens is 4. The van der Waals surface area contributed by atoms with Crippen LogP contribution in [0.5, 0.6) is 5.75 Å². The first-order valence-electron chi connectivity index (χ1n) is 8.92. The van der Waals surface area contributed by atoms with Crippen molar-refractivity contribution in [3.8, 4) is 5.75 Å². The van der Waals surface area contributed by atoms with Crippen LogP contribution in [0, 0.1) is 0 Å². The summed E-state index contributed by atoms with van der Waals surface area (Å²) in [4.78, 5) is 30.2. The molecule has 2 aromatic carbocycles. The molecular weight excluding hydrogens is 455 g/mol. The smallest absolute Gasteiger partial charge is 0.417 e. The number of aliphatic imine (C=N–C) groups is 1. The number of amidine groups is 1. The van der Waals surface area contributed by atoms with Crippen molar-refractivity contribution < 1.29 is 27.5 Å². The number of hydrogen-bond donors (Lipinski definition) is 1. The summed E-state index contributed by atoms with van der Waals surface area (Å²) in [6, 6.07) is 9.95. The molecule has 31 heavy (non-hydrogen) atoms. The van der Waals surface area contributed by atoms with E-state index >= 15 is 0 Å². The predicted molar refractivity (Wildman–Crippen MR) is 114 cm³/mol. The number of benzene rings is 2. The predicted octanol–water partition coefficient (Wildman–Crippen LogP) is 4.96. The molecule has 0 aliphatic carbocycles. The number of ether oxygens (including phenoxy) is 1. The summed E-state index contributed by atoms with van der Waals surface area (Å²) in [5.41, 5.74) is -0.463. The molecule has 1 N–H and O–H groups in total. The third-order valence-corrected chi connectivity index (χ3v) is 5.92. The van der Waals surface area contributed by atoms with Gasteiger partial charge in [0.05, 0.1) is 23.4 Å². The zero-order valence-electron chi connectivity index (χ0n) is 16.4. The zero-order valence-corrected chi connectivity index (χ0v) is 17.9. The van der Waals surface area contributed by atoms with Crippen LogP contribution in [0.2, 0.25) is 5.02 Å². The molecular formula is C20H17ClF3N3O3S. The van der Waals surface area contributed by atoms with E-state index in [1.54, 1.807) is 24.3 Å². The molecule has 1 fully saturated rings. The van der Waals surface area contributed by atoms with E-state index in [9.17, 15) is 22.8 Å². The molecule has 11 heteroatoms. The Morgan fingerprint density at radius 3 is 2.55 bits per heavy atom. The van der Waals surface area contributed by atoms with E-state index in [4.69, 9.17) is 16.3 Å². The summed E-state index contributed by atoms with van der Waals surface area (Å²) >= 11 is 6.64. The third kappa shape index (κ3) is 5.50. The highest BCUT2D eigenvalue weighted by molar-refractivity contribution is 8.15. The van der Waals surface area contributed by atoms with Crippen molar-refractivity contribution in [1.82, 2.24) is 4.90 Å². The lowest BCUT2D eigenvalue weighted by atomic mass is 10.2. The maximum atomic E-state index is 13.1. The second-order valence-corrected chi connectivity index (χ2v) is 8.12. The lowest BCUT2D eigenvalue weighted by Gasteiger charge is -2.11. The van der Waals surface area contributed by atoms with E-state index in [-0.39, 0.29) is 29.1 Å². The fourth-order valence-corrected chi connectivity index (χ4v) is 4.14. The van der Waals surface area contributed by atoms with Crippen LogP contribution < -0.4 is 10.1 Å². The van der Waals surface area contributed by atoms with Gasteiger partial charge in [0, 0.05) is 19.2 Å². The van der Waals surface area contributed by atoms with Gasteiger partial charge in [0.15, 0.2) is 5.17 Å². The summed E-state index contributed by atoms with van der Waals surface area (Å²) in [6.45, 7) is 0. The number of methoxy groups -OCH3 is 1. The number of nitrogens with zero attached hydrogens (tertiary/aromatic N) is 2. The highest BCUT2D eigenvalue weighted by Gasteiger charge is 2.37. The van der Waals surface area contributed by atoms with Crippen molar-refractivity contribution in [1.29, 1.82) is 0 Å². The van der Waals surface area contributed by atoms with Gasteiger partial charge < -0.3 is 10.1 Å². The van der Waals surface area contributed by atoms with Crippen molar-refractivity contribution in [3.05, 3.63) is 53.1 Å². The second kappa shape index (κ2) is 9.19. The SMILES string of the molecule is COc1ccc(NC(=O)CC2SC(=Nc3ccc(Cl)c(C(F)(F)F)c3)N(C)C2=O)cc1. The van der Waals surface area contributed by atoms with Gasteiger partial charge in [-0.3, -0.25) is 14.5 Å². The van der Waals surface area contributed by atoms with Crippen LogP contribution in [0.3, 0.4) is 0 Å². The van der Waals surface area contributed by atoms with Crippen LogP contribution in [0.1, 0.15) is 12.0 Å². The Balaban J connectivity index is 1.71. The molecule has 0 spiro atoms. The summed E-state index contributed by atoms with van der Waals surface area (Å²) in [5.74, 6) is -0.104. The number of nitrogens with one attached hydrogen (secondary N) is 1. The van der Waals surface area contributed by atoms with Crippen LogP contribution in [0.15, 0.2) is 47.5 Å². The molecule has 1 aliphatic rings. The van der Waals surface area contributed by atoms with Crippen LogP contribution in [-0.2, 0) is 15.8 Å². The summed E-state index contributed by atoms with van der Waals surface area (Å²) in [7, 11) is 2.98. The number of carbonyl (C=O) groups is 2. The van der Waals surface area contributed by atoms with Crippen LogP contribution >= 0.6 is 23.4 Å². The van der Waals surface area contributed by atoms with Gasteiger partial charge in [-0.15, -0.1) is 0 Å². The lowest BCUT2D eigenvalue weighted by Crippen LogP contribution is -2.30. The molecule has 0 aromatic heterocycles. The first kappa shape index (κ1) is 23.0. The fourth-order valence-electron chi connectivity index (χ4n) is 2.76. The molecule has 1 aliphatic heterocycles. The highest BCUT2D eigenvalue weighted by Crippen LogP contribution is 2.38. The number of amides is 2. The van der Waals surface area contributed by atoms with Crippen molar-refractivity contribution in [2.24, 2.45) is 4.99 Å². The Morgan fingerprint density at radius 1 is 1.26 bits per heavy atom.